The minimum absolute atomic E-state index is 0.587. The number of hydrogen-bond acceptors (Lipinski definition) is 3. The number of fused-ring (bicyclic) bond motifs is 6. The number of rotatable bonds is 8. The van der Waals surface area contributed by atoms with E-state index < -0.39 is 0 Å². The Morgan fingerprint density at radius 1 is 0.271 bits per heavy atom. The van der Waals surface area contributed by atoms with Crippen molar-refractivity contribution >= 4 is 43.6 Å². The smallest absolute Gasteiger partial charge is 0.166 e. The fourth-order valence-corrected chi connectivity index (χ4v) is 10.4. The van der Waals surface area contributed by atoms with E-state index in [0.29, 0.717) is 17.5 Å². The quantitative estimate of drug-likeness (QED) is 0.153. The third-order valence-corrected chi connectivity index (χ3v) is 13.9. The van der Waals surface area contributed by atoms with Crippen LogP contribution in [0, 0.1) is 13.8 Å². The molecule has 330 valence electrons. The van der Waals surface area contributed by atoms with Crippen LogP contribution >= 0.6 is 0 Å². The van der Waals surface area contributed by atoms with E-state index in [0.717, 1.165) is 66.9 Å². The molecule has 0 aliphatic rings. The van der Waals surface area contributed by atoms with Crippen LogP contribution in [0.15, 0.2) is 237 Å². The molecular weight excluding hydrogens is 851 g/mol. The molecule has 0 atom stereocenters. The Morgan fingerprint density at radius 3 is 1.26 bits per heavy atom. The van der Waals surface area contributed by atoms with Gasteiger partial charge in [0, 0.05) is 43.9 Å². The number of aromatic nitrogens is 5. The lowest BCUT2D eigenvalue weighted by Crippen LogP contribution is -2.04. The summed E-state index contributed by atoms with van der Waals surface area (Å²) in [6.45, 7) is 4.37. The van der Waals surface area contributed by atoms with Gasteiger partial charge in [-0.2, -0.15) is 0 Å². The summed E-state index contributed by atoms with van der Waals surface area (Å²) >= 11 is 0. The van der Waals surface area contributed by atoms with Gasteiger partial charge >= 0.3 is 0 Å². The van der Waals surface area contributed by atoms with Gasteiger partial charge in [-0.3, -0.25) is 0 Å². The van der Waals surface area contributed by atoms with E-state index in [1.54, 1.807) is 0 Å². The van der Waals surface area contributed by atoms with Gasteiger partial charge in [-0.05, 0) is 107 Å². The molecule has 0 amide bonds. The normalized spacial score (nSPS) is 11.6. The van der Waals surface area contributed by atoms with Crippen LogP contribution in [0.25, 0.3) is 123 Å². The molecule has 0 radical (unpaired) electrons. The maximum absolute atomic E-state index is 5.41. The average Bonchev–Trinajstić information content (AvgIpc) is 3.93. The topological polar surface area (TPSA) is 48.5 Å². The zero-order chi connectivity index (χ0) is 46.7. The fraction of sp³-hybridized carbons (Fsp3) is 0.0308. The summed E-state index contributed by atoms with van der Waals surface area (Å²) in [5.41, 5.74) is 18.7. The standard InChI is InChI=1S/C65H45N5/c1-42-18-12-14-26-51(42)48-31-35-55-56-36-32-49(52-27-15-13-19-43(52)2)41-62(56)70(61(55)40-48)59-37-33-46(47-30-34-54-53-28-16-17-29-58(53)69(60(54)39-47)50-24-10-5-11-25-50)38-57(59)65-67-63(44-20-6-3-7-21-44)66-64(68-65)45-22-8-4-9-23-45/h3-41H,1-2H3. The molecule has 3 aromatic heterocycles. The lowest BCUT2D eigenvalue weighted by Gasteiger charge is -2.17. The van der Waals surface area contributed by atoms with Gasteiger partial charge in [0.15, 0.2) is 17.5 Å². The largest absolute Gasteiger partial charge is 0.309 e. The average molecular weight is 896 g/mol. The van der Waals surface area contributed by atoms with Crippen LogP contribution < -0.4 is 0 Å². The summed E-state index contributed by atoms with van der Waals surface area (Å²) in [5, 5.41) is 4.76. The molecular formula is C65H45N5. The van der Waals surface area contributed by atoms with Gasteiger partial charge < -0.3 is 9.13 Å². The van der Waals surface area contributed by atoms with Crippen LogP contribution in [0.4, 0.5) is 0 Å². The van der Waals surface area contributed by atoms with Crippen molar-refractivity contribution in [3.8, 4) is 78.9 Å². The summed E-state index contributed by atoms with van der Waals surface area (Å²) in [4.78, 5) is 16.0. The Kier molecular flexibility index (Phi) is 9.88. The molecule has 0 aliphatic carbocycles. The molecule has 0 bridgehead atoms. The third-order valence-electron chi connectivity index (χ3n) is 13.9. The van der Waals surface area contributed by atoms with Crippen molar-refractivity contribution in [2.24, 2.45) is 0 Å². The van der Waals surface area contributed by atoms with Gasteiger partial charge in [-0.1, -0.05) is 188 Å². The highest BCUT2D eigenvalue weighted by Crippen LogP contribution is 2.42. The van der Waals surface area contributed by atoms with E-state index in [1.165, 1.54) is 49.3 Å². The van der Waals surface area contributed by atoms with Crippen LogP contribution in [-0.2, 0) is 0 Å². The first kappa shape index (κ1) is 41.0. The van der Waals surface area contributed by atoms with Gasteiger partial charge in [-0.25, -0.2) is 15.0 Å². The number of nitrogens with zero attached hydrogens (tertiary/aromatic N) is 5. The highest BCUT2D eigenvalue weighted by Gasteiger charge is 2.23. The first-order chi connectivity index (χ1) is 34.5. The number of aryl methyl sites for hydroxylation is 2. The summed E-state index contributed by atoms with van der Waals surface area (Å²) in [6, 6.07) is 84.6. The lowest BCUT2D eigenvalue weighted by atomic mass is 9.98. The van der Waals surface area contributed by atoms with Crippen LogP contribution in [0.3, 0.4) is 0 Å². The molecule has 3 heterocycles. The van der Waals surface area contributed by atoms with Gasteiger partial charge in [0.05, 0.1) is 27.8 Å². The van der Waals surface area contributed by atoms with Crippen LogP contribution in [0.1, 0.15) is 11.1 Å². The van der Waals surface area contributed by atoms with Crippen molar-refractivity contribution in [3.63, 3.8) is 0 Å². The fourth-order valence-electron chi connectivity index (χ4n) is 10.4. The molecule has 0 fully saturated rings. The highest BCUT2D eigenvalue weighted by molar-refractivity contribution is 6.12. The molecule has 13 rings (SSSR count). The van der Waals surface area contributed by atoms with Crippen LogP contribution in [-0.4, -0.2) is 24.1 Å². The van der Waals surface area contributed by atoms with Crippen molar-refractivity contribution in [2.75, 3.05) is 0 Å². The number of hydrogen-bond donors (Lipinski definition) is 0. The first-order valence-corrected chi connectivity index (χ1v) is 23.8. The monoisotopic (exact) mass is 895 g/mol. The second-order valence-electron chi connectivity index (χ2n) is 18.1. The second kappa shape index (κ2) is 16.8. The lowest BCUT2D eigenvalue weighted by molar-refractivity contribution is 1.06. The summed E-state index contributed by atoms with van der Waals surface area (Å²) < 4.78 is 4.82. The van der Waals surface area contributed by atoms with Crippen molar-refractivity contribution in [1.29, 1.82) is 0 Å². The maximum Gasteiger partial charge on any atom is 0.166 e. The Bertz CT molecular complexity index is 3970. The van der Waals surface area contributed by atoms with Gasteiger partial charge in [0.2, 0.25) is 0 Å². The van der Waals surface area contributed by atoms with Crippen molar-refractivity contribution in [1.82, 2.24) is 24.1 Å². The van der Waals surface area contributed by atoms with E-state index in [2.05, 4.69) is 223 Å². The molecule has 0 unspecified atom stereocenters. The van der Waals surface area contributed by atoms with E-state index in [1.807, 2.05) is 36.4 Å². The number of benzene rings is 10. The Hall–Kier alpha value is -9.19. The van der Waals surface area contributed by atoms with Crippen LogP contribution in [0.2, 0.25) is 0 Å². The van der Waals surface area contributed by atoms with Gasteiger partial charge in [-0.15, -0.1) is 0 Å². The van der Waals surface area contributed by atoms with Crippen molar-refractivity contribution in [2.45, 2.75) is 13.8 Å². The summed E-state index contributed by atoms with van der Waals surface area (Å²) in [6.07, 6.45) is 0. The minimum atomic E-state index is 0.587. The molecule has 0 saturated carbocycles. The molecule has 0 saturated heterocycles. The van der Waals surface area contributed by atoms with Crippen LogP contribution in [0.5, 0.6) is 0 Å². The van der Waals surface area contributed by atoms with E-state index >= 15 is 0 Å². The Morgan fingerprint density at radius 2 is 0.686 bits per heavy atom. The second-order valence-corrected chi connectivity index (χ2v) is 18.1. The zero-order valence-electron chi connectivity index (χ0n) is 38.8. The summed E-state index contributed by atoms with van der Waals surface area (Å²) in [5.74, 6) is 1.81. The summed E-state index contributed by atoms with van der Waals surface area (Å²) in [7, 11) is 0. The molecule has 0 spiro atoms. The van der Waals surface area contributed by atoms with Crippen molar-refractivity contribution in [3.05, 3.63) is 248 Å². The van der Waals surface area contributed by atoms with Crippen molar-refractivity contribution < 1.29 is 0 Å². The molecule has 10 aromatic carbocycles. The van der Waals surface area contributed by atoms with E-state index in [9.17, 15) is 0 Å². The maximum atomic E-state index is 5.41. The van der Waals surface area contributed by atoms with E-state index in [4.69, 9.17) is 15.0 Å². The molecule has 70 heavy (non-hydrogen) atoms. The highest BCUT2D eigenvalue weighted by atomic mass is 15.1. The Balaban J connectivity index is 1.12. The van der Waals surface area contributed by atoms with Gasteiger partial charge in [0.25, 0.3) is 0 Å². The SMILES string of the molecule is Cc1ccccc1-c1ccc2c3ccc(-c4ccccc4C)cc3n(-c3ccc(-c4ccc5c6ccccc6n(-c6ccccc6)c5c4)cc3-c3nc(-c4ccccc4)nc(-c4ccccc4)n3)c2c1. The minimum Gasteiger partial charge on any atom is -0.309 e. The third kappa shape index (κ3) is 6.98. The molecule has 0 aliphatic heterocycles. The number of para-hydroxylation sites is 2. The molecule has 5 heteroatoms. The Labute approximate surface area is 406 Å². The zero-order valence-corrected chi connectivity index (χ0v) is 38.8. The van der Waals surface area contributed by atoms with Gasteiger partial charge in [0.1, 0.15) is 0 Å². The molecule has 13 aromatic rings. The molecule has 0 N–H and O–H groups in total. The first-order valence-electron chi connectivity index (χ1n) is 23.8. The molecule has 5 nitrogen and oxygen atoms in total. The predicted molar refractivity (Wildman–Crippen MR) is 291 cm³/mol. The van der Waals surface area contributed by atoms with E-state index in [-0.39, 0.29) is 0 Å². The predicted octanol–water partition coefficient (Wildman–Crippen LogP) is 16.7.